The quantitative estimate of drug-likeness (QED) is 0.211. The van der Waals surface area contributed by atoms with Crippen LogP contribution in [0.2, 0.25) is 0 Å². The Hall–Kier alpha value is -4.37. The first-order chi connectivity index (χ1) is 17.9. The minimum Gasteiger partial charge on any atom is -0.478 e. The molecule has 2 N–H and O–H groups in total. The molecule has 3 aromatic rings. The molecule has 0 saturated carbocycles. The molecule has 1 aliphatic heterocycles. The molecule has 0 spiro atoms. The number of imide groups is 1. The van der Waals surface area contributed by atoms with E-state index in [4.69, 9.17) is 9.84 Å². The summed E-state index contributed by atoms with van der Waals surface area (Å²) in [4.78, 5) is 52.4. The molecule has 0 saturated heterocycles. The van der Waals surface area contributed by atoms with Gasteiger partial charge in [0.05, 0.1) is 23.4 Å². The van der Waals surface area contributed by atoms with Crippen molar-refractivity contribution < 1.29 is 29.0 Å². The van der Waals surface area contributed by atoms with Crippen molar-refractivity contribution in [1.82, 2.24) is 0 Å². The fraction of sp³-hybridized carbons (Fsp3) is 0.143. The Kier molecular flexibility index (Phi) is 8.05. The second-order valence-corrected chi connectivity index (χ2v) is 9.19. The van der Waals surface area contributed by atoms with Crippen LogP contribution >= 0.6 is 11.8 Å². The molecule has 9 heteroatoms. The van der Waals surface area contributed by atoms with Gasteiger partial charge >= 0.3 is 11.9 Å². The van der Waals surface area contributed by atoms with Crippen LogP contribution in [-0.2, 0) is 14.3 Å². The van der Waals surface area contributed by atoms with Crippen molar-refractivity contribution in [2.24, 2.45) is 0 Å². The largest absolute Gasteiger partial charge is 0.478 e. The highest BCUT2D eigenvalue weighted by molar-refractivity contribution is 8.04. The number of nitrogens with one attached hydrogen (secondary N) is 1. The smallest absolute Gasteiger partial charge is 0.338 e. The summed E-state index contributed by atoms with van der Waals surface area (Å²) in [5.41, 5.74) is 1.26. The SMILES string of the molecule is CCCCOC(=O)c1ccc(N2C(=O)C(Nc3ccc(C(=O)O)cc3)=C(Sc3ccccc3)C2=O)cc1. The number of ether oxygens (including phenoxy) is 1. The summed E-state index contributed by atoms with van der Waals surface area (Å²) in [7, 11) is 0. The lowest BCUT2D eigenvalue weighted by Gasteiger charge is -2.16. The lowest BCUT2D eigenvalue weighted by molar-refractivity contribution is -0.120. The highest BCUT2D eigenvalue weighted by Crippen LogP contribution is 2.37. The lowest BCUT2D eigenvalue weighted by Crippen LogP contribution is -2.32. The van der Waals surface area contributed by atoms with Gasteiger partial charge in [0.2, 0.25) is 0 Å². The molecule has 0 fully saturated rings. The molecule has 0 aromatic heterocycles. The lowest BCUT2D eigenvalue weighted by atomic mass is 10.2. The van der Waals surface area contributed by atoms with E-state index in [1.807, 2.05) is 37.3 Å². The number of nitrogens with zero attached hydrogens (tertiary/aromatic N) is 1. The number of carboxylic acids is 1. The van der Waals surface area contributed by atoms with Gasteiger partial charge in [-0.2, -0.15) is 0 Å². The fourth-order valence-corrected chi connectivity index (χ4v) is 4.48. The first kappa shape index (κ1) is 25.7. The van der Waals surface area contributed by atoms with Gasteiger partial charge in [0.1, 0.15) is 10.6 Å². The van der Waals surface area contributed by atoms with Gasteiger partial charge in [-0.25, -0.2) is 14.5 Å². The number of benzene rings is 3. The number of hydrogen-bond donors (Lipinski definition) is 2. The van der Waals surface area contributed by atoms with E-state index in [0.717, 1.165) is 34.4 Å². The van der Waals surface area contributed by atoms with E-state index in [1.54, 1.807) is 0 Å². The van der Waals surface area contributed by atoms with Crippen molar-refractivity contribution >= 4 is 46.9 Å². The third-order valence-corrected chi connectivity index (χ3v) is 6.59. The van der Waals surface area contributed by atoms with E-state index in [1.165, 1.54) is 48.5 Å². The predicted molar refractivity (Wildman–Crippen MR) is 140 cm³/mol. The van der Waals surface area contributed by atoms with Gasteiger partial charge in [-0.05, 0) is 67.1 Å². The van der Waals surface area contributed by atoms with E-state index in [0.29, 0.717) is 23.5 Å². The minimum atomic E-state index is -1.07. The van der Waals surface area contributed by atoms with Crippen molar-refractivity contribution in [2.75, 3.05) is 16.8 Å². The number of esters is 1. The van der Waals surface area contributed by atoms with Gasteiger partial charge in [0, 0.05) is 10.6 Å². The van der Waals surface area contributed by atoms with Crippen LogP contribution in [-0.4, -0.2) is 35.5 Å². The van der Waals surface area contributed by atoms with E-state index in [2.05, 4.69) is 5.32 Å². The molecule has 0 radical (unpaired) electrons. The first-order valence-corrected chi connectivity index (χ1v) is 12.4. The molecule has 8 nitrogen and oxygen atoms in total. The Morgan fingerprint density at radius 2 is 1.54 bits per heavy atom. The number of hydrogen-bond acceptors (Lipinski definition) is 7. The molecule has 3 aromatic carbocycles. The Bertz CT molecular complexity index is 1350. The molecular weight excluding hydrogens is 492 g/mol. The van der Waals surface area contributed by atoms with Gasteiger partial charge in [-0.1, -0.05) is 43.3 Å². The van der Waals surface area contributed by atoms with Gasteiger partial charge in [0.25, 0.3) is 11.8 Å². The summed E-state index contributed by atoms with van der Waals surface area (Å²) in [6.07, 6.45) is 1.67. The van der Waals surface area contributed by atoms with Crippen LogP contribution < -0.4 is 10.2 Å². The number of carbonyl (C=O) groups is 4. The van der Waals surface area contributed by atoms with Crippen LogP contribution in [0, 0.1) is 0 Å². The highest BCUT2D eigenvalue weighted by Gasteiger charge is 2.40. The van der Waals surface area contributed by atoms with Gasteiger partial charge in [0.15, 0.2) is 0 Å². The topological polar surface area (TPSA) is 113 Å². The number of thioether (sulfide) groups is 1. The second-order valence-electron chi connectivity index (χ2n) is 8.11. The molecular formula is C28H24N2O6S. The molecule has 188 valence electrons. The summed E-state index contributed by atoms with van der Waals surface area (Å²) in [5.74, 6) is -2.61. The number of carboxylic acid groups (broad SMARTS) is 1. The van der Waals surface area contributed by atoms with Crippen molar-refractivity contribution in [3.63, 3.8) is 0 Å². The summed E-state index contributed by atoms with van der Waals surface area (Å²) < 4.78 is 5.22. The third kappa shape index (κ3) is 5.90. The molecule has 0 unspecified atom stereocenters. The normalized spacial score (nSPS) is 13.2. The zero-order chi connectivity index (χ0) is 26.4. The first-order valence-electron chi connectivity index (χ1n) is 11.6. The summed E-state index contributed by atoms with van der Waals surface area (Å²) in [5, 5.41) is 12.1. The summed E-state index contributed by atoms with van der Waals surface area (Å²) >= 11 is 1.15. The van der Waals surface area contributed by atoms with E-state index >= 15 is 0 Å². The number of unbranched alkanes of at least 4 members (excludes halogenated alkanes) is 1. The van der Waals surface area contributed by atoms with Crippen molar-refractivity contribution in [3.05, 3.63) is 101 Å². The van der Waals surface area contributed by atoms with Crippen molar-refractivity contribution in [2.45, 2.75) is 24.7 Å². The van der Waals surface area contributed by atoms with Crippen LogP contribution in [0.25, 0.3) is 0 Å². The Morgan fingerprint density at radius 3 is 2.16 bits per heavy atom. The molecule has 0 aliphatic carbocycles. The second kappa shape index (κ2) is 11.6. The van der Waals surface area contributed by atoms with E-state index < -0.39 is 23.8 Å². The molecule has 1 heterocycles. The van der Waals surface area contributed by atoms with Crippen molar-refractivity contribution in [1.29, 1.82) is 0 Å². The maximum Gasteiger partial charge on any atom is 0.338 e. The minimum absolute atomic E-state index is 0.0741. The standard InChI is InChI=1S/C28H24N2O6S/c1-2-3-17-36-28(35)19-11-15-21(16-12-19)30-25(31)23(29-20-13-9-18(10-14-20)27(33)34)24(26(30)32)37-22-7-5-4-6-8-22/h4-16,29H,2-3,17H2,1H3,(H,33,34). The molecule has 0 bridgehead atoms. The molecule has 37 heavy (non-hydrogen) atoms. The Morgan fingerprint density at radius 1 is 0.892 bits per heavy atom. The predicted octanol–water partition coefficient (Wildman–Crippen LogP) is 5.33. The fourth-order valence-electron chi connectivity index (χ4n) is 3.54. The number of amides is 2. The van der Waals surface area contributed by atoms with Gasteiger partial charge in [-0.15, -0.1) is 0 Å². The third-order valence-electron chi connectivity index (χ3n) is 5.50. The molecule has 4 rings (SSSR count). The van der Waals surface area contributed by atoms with E-state index in [9.17, 15) is 19.2 Å². The monoisotopic (exact) mass is 516 g/mol. The average molecular weight is 517 g/mol. The van der Waals surface area contributed by atoms with Crippen LogP contribution in [0.1, 0.15) is 40.5 Å². The van der Waals surface area contributed by atoms with Gasteiger partial charge in [-0.3, -0.25) is 9.59 Å². The van der Waals surface area contributed by atoms with Crippen molar-refractivity contribution in [3.8, 4) is 0 Å². The summed E-state index contributed by atoms with van der Waals surface area (Å²) in [6, 6.07) is 21.1. The summed E-state index contributed by atoms with van der Waals surface area (Å²) in [6.45, 7) is 2.33. The number of rotatable bonds is 10. The Labute approximate surface area is 217 Å². The highest BCUT2D eigenvalue weighted by atomic mass is 32.2. The average Bonchev–Trinajstić information content (AvgIpc) is 3.13. The molecule has 0 atom stereocenters. The van der Waals surface area contributed by atoms with Crippen LogP contribution in [0.15, 0.2) is 94.4 Å². The number of carbonyl (C=O) groups excluding carboxylic acids is 3. The zero-order valence-corrected chi connectivity index (χ0v) is 20.8. The maximum absolute atomic E-state index is 13.5. The molecule has 2 amide bonds. The van der Waals surface area contributed by atoms with Crippen LogP contribution in [0.4, 0.5) is 11.4 Å². The van der Waals surface area contributed by atoms with Gasteiger partial charge < -0.3 is 15.2 Å². The van der Waals surface area contributed by atoms with Crippen LogP contribution in [0.3, 0.4) is 0 Å². The van der Waals surface area contributed by atoms with E-state index in [-0.39, 0.29) is 16.2 Å². The number of aromatic carboxylic acids is 1. The zero-order valence-electron chi connectivity index (χ0n) is 20.0. The maximum atomic E-state index is 13.5. The Balaban J connectivity index is 1.61. The molecule has 1 aliphatic rings. The number of anilines is 2. The van der Waals surface area contributed by atoms with Crippen LogP contribution in [0.5, 0.6) is 0 Å².